The number of aliphatic hydroxyl groups excluding tert-OH is 1. The molecule has 2 aliphatic rings. The molecule has 0 spiro atoms. The molecule has 2 aliphatic heterocycles. The van der Waals surface area contributed by atoms with Crippen LogP contribution in [-0.2, 0) is 15.2 Å². The SMILES string of the molecule is Cc1cc([C@H](C(=O)N2C[C@H](O)C[C@H]2C2=NOC(c3ccccc3)(C(F)(F)F)C2)C(C)C)on1. The molecule has 3 heterocycles. The number of oxime groups is 1. The van der Waals surface area contributed by atoms with E-state index in [0.717, 1.165) is 0 Å². The Balaban J connectivity index is 1.64. The van der Waals surface area contributed by atoms with Crippen molar-refractivity contribution in [3.8, 4) is 0 Å². The first kappa shape index (κ1) is 23.3. The van der Waals surface area contributed by atoms with Crippen molar-refractivity contribution >= 4 is 11.6 Å². The molecule has 33 heavy (non-hydrogen) atoms. The fraction of sp³-hybridized carbons (Fsp3) is 0.522. The molecule has 7 nitrogen and oxygen atoms in total. The fourth-order valence-corrected chi connectivity index (χ4v) is 4.63. The average Bonchev–Trinajstić information content (AvgIpc) is 3.46. The second-order valence-electron chi connectivity index (χ2n) is 9.03. The molecule has 178 valence electrons. The minimum Gasteiger partial charge on any atom is -0.391 e. The minimum atomic E-state index is -4.73. The van der Waals surface area contributed by atoms with Crippen LogP contribution in [0.1, 0.15) is 49.6 Å². The van der Waals surface area contributed by atoms with Crippen molar-refractivity contribution in [3.63, 3.8) is 0 Å². The summed E-state index contributed by atoms with van der Waals surface area (Å²) in [4.78, 5) is 20.0. The van der Waals surface area contributed by atoms with Gasteiger partial charge in [0, 0.05) is 31.0 Å². The van der Waals surface area contributed by atoms with E-state index in [1.54, 1.807) is 19.1 Å². The second-order valence-corrected chi connectivity index (χ2v) is 9.03. The fourth-order valence-electron chi connectivity index (χ4n) is 4.63. The summed E-state index contributed by atoms with van der Waals surface area (Å²) in [5.41, 5.74) is -2.00. The summed E-state index contributed by atoms with van der Waals surface area (Å²) in [5, 5.41) is 18.0. The van der Waals surface area contributed by atoms with E-state index in [1.807, 2.05) is 13.8 Å². The number of carbonyl (C=O) groups excluding carboxylic acids is 1. The van der Waals surface area contributed by atoms with Gasteiger partial charge in [0.1, 0.15) is 11.7 Å². The van der Waals surface area contributed by atoms with E-state index >= 15 is 0 Å². The Morgan fingerprint density at radius 2 is 1.97 bits per heavy atom. The number of nitrogens with zero attached hydrogens (tertiary/aromatic N) is 3. The number of aryl methyl sites for hydroxylation is 1. The van der Waals surface area contributed by atoms with Gasteiger partial charge in [0.2, 0.25) is 5.91 Å². The molecule has 0 saturated carbocycles. The Morgan fingerprint density at radius 1 is 1.27 bits per heavy atom. The number of benzene rings is 1. The highest BCUT2D eigenvalue weighted by Gasteiger charge is 2.63. The van der Waals surface area contributed by atoms with Gasteiger partial charge in [-0.25, -0.2) is 0 Å². The zero-order valence-electron chi connectivity index (χ0n) is 18.5. The normalized spacial score (nSPS) is 26.4. The van der Waals surface area contributed by atoms with Crippen LogP contribution in [0.15, 0.2) is 46.1 Å². The third kappa shape index (κ3) is 4.12. The molecule has 10 heteroatoms. The molecule has 0 aliphatic carbocycles. The van der Waals surface area contributed by atoms with Gasteiger partial charge in [-0.15, -0.1) is 0 Å². The highest BCUT2D eigenvalue weighted by Crippen LogP contribution is 2.49. The van der Waals surface area contributed by atoms with Crippen molar-refractivity contribution in [2.45, 2.75) is 63.5 Å². The summed E-state index contributed by atoms with van der Waals surface area (Å²) in [6.07, 6.45) is -6.10. The monoisotopic (exact) mass is 465 g/mol. The largest absolute Gasteiger partial charge is 0.435 e. The van der Waals surface area contributed by atoms with Crippen LogP contribution in [0.5, 0.6) is 0 Å². The number of aliphatic hydroxyl groups is 1. The van der Waals surface area contributed by atoms with E-state index in [1.165, 1.54) is 29.2 Å². The van der Waals surface area contributed by atoms with Crippen molar-refractivity contribution < 1.29 is 32.4 Å². The number of aromatic nitrogens is 1. The lowest BCUT2D eigenvalue weighted by Crippen LogP contribution is -2.47. The summed E-state index contributed by atoms with van der Waals surface area (Å²) in [6, 6.07) is 8.18. The van der Waals surface area contributed by atoms with Gasteiger partial charge >= 0.3 is 6.18 Å². The van der Waals surface area contributed by atoms with Crippen LogP contribution in [-0.4, -0.2) is 51.6 Å². The first-order chi connectivity index (χ1) is 15.5. The smallest absolute Gasteiger partial charge is 0.391 e. The van der Waals surface area contributed by atoms with Crippen LogP contribution in [0.4, 0.5) is 13.2 Å². The van der Waals surface area contributed by atoms with E-state index in [9.17, 15) is 23.1 Å². The molecule has 1 amide bonds. The van der Waals surface area contributed by atoms with Crippen LogP contribution in [0.3, 0.4) is 0 Å². The molecule has 4 rings (SSSR count). The summed E-state index contributed by atoms with van der Waals surface area (Å²) in [5.74, 6) is -0.826. The van der Waals surface area contributed by atoms with Crippen LogP contribution < -0.4 is 0 Å². The van der Waals surface area contributed by atoms with Gasteiger partial charge in [0.25, 0.3) is 5.60 Å². The predicted octanol–water partition coefficient (Wildman–Crippen LogP) is 3.92. The van der Waals surface area contributed by atoms with Crippen molar-refractivity contribution in [2.24, 2.45) is 11.1 Å². The molecule has 1 N–H and O–H groups in total. The number of alkyl halides is 3. The quantitative estimate of drug-likeness (QED) is 0.723. The van der Waals surface area contributed by atoms with Gasteiger partial charge in [-0.2, -0.15) is 13.2 Å². The topological polar surface area (TPSA) is 88.2 Å². The second kappa shape index (κ2) is 8.48. The molecule has 0 bridgehead atoms. The zero-order chi connectivity index (χ0) is 24.0. The third-order valence-corrected chi connectivity index (χ3v) is 6.28. The Morgan fingerprint density at radius 3 is 2.55 bits per heavy atom. The van der Waals surface area contributed by atoms with Gasteiger partial charge in [-0.1, -0.05) is 54.5 Å². The minimum absolute atomic E-state index is 0.0107. The summed E-state index contributed by atoms with van der Waals surface area (Å²) < 4.78 is 47.9. The lowest BCUT2D eigenvalue weighted by molar-refractivity contribution is -0.275. The maximum atomic E-state index is 14.2. The lowest BCUT2D eigenvalue weighted by atomic mass is 9.85. The van der Waals surface area contributed by atoms with Crippen molar-refractivity contribution in [2.75, 3.05) is 6.54 Å². The molecule has 2 aromatic rings. The number of likely N-dealkylation sites (tertiary alicyclic amines) is 1. The molecule has 1 fully saturated rings. The van der Waals surface area contributed by atoms with Gasteiger partial charge in [0.15, 0.2) is 0 Å². The third-order valence-electron chi connectivity index (χ3n) is 6.28. The van der Waals surface area contributed by atoms with E-state index in [4.69, 9.17) is 9.36 Å². The van der Waals surface area contributed by atoms with Crippen LogP contribution in [0.2, 0.25) is 0 Å². The van der Waals surface area contributed by atoms with Crippen molar-refractivity contribution in [1.29, 1.82) is 0 Å². The first-order valence-electron chi connectivity index (χ1n) is 10.8. The number of rotatable bonds is 5. The summed E-state index contributed by atoms with van der Waals surface area (Å²) in [6.45, 7) is 5.43. The molecule has 1 saturated heterocycles. The number of carbonyl (C=O) groups is 1. The van der Waals surface area contributed by atoms with Crippen molar-refractivity contribution in [1.82, 2.24) is 10.1 Å². The number of hydrogen-bond donors (Lipinski definition) is 1. The Labute approximate surface area is 189 Å². The molecular formula is C23H26F3N3O4. The number of amides is 1. The Hall–Kier alpha value is -2.88. The number of halogens is 3. The molecule has 4 atom stereocenters. The predicted molar refractivity (Wildman–Crippen MR) is 112 cm³/mol. The summed E-state index contributed by atoms with van der Waals surface area (Å²) in [7, 11) is 0. The van der Waals surface area contributed by atoms with Crippen LogP contribution >= 0.6 is 0 Å². The standard InChI is InChI=1S/C23H26F3N3O4/c1-13(2)20(19-9-14(3)27-32-19)21(31)29-12-16(30)10-18(29)17-11-22(33-28-17,23(24,25)26)15-7-5-4-6-8-15/h4-9,13,16,18,20,30H,10-12H2,1-3H3/t16-,18+,20-,22?/m1/s1. The molecule has 0 radical (unpaired) electrons. The zero-order valence-corrected chi connectivity index (χ0v) is 18.5. The van der Waals surface area contributed by atoms with Crippen LogP contribution in [0.25, 0.3) is 0 Å². The number of β-amino-alcohol motifs (C(OH)–C–C–N with tert-alkyl or cyclic N) is 1. The van der Waals surface area contributed by atoms with Gasteiger partial charge in [-0.05, 0) is 12.8 Å². The Bertz CT molecular complexity index is 1040. The lowest BCUT2D eigenvalue weighted by Gasteiger charge is -2.31. The molecule has 1 aromatic carbocycles. The van der Waals surface area contributed by atoms with E-state index < -0.39 is 36.3 Å². The number of hydrogen-bond acceptors (Lipinski definition) is 6. The molecule has 1 unspecified atom stereocenters. The van der Waals surface area contributed by atoms with Crippen LogP contribution in [0, 0.1) is 12.8 Å². The van der Waals surface area contributed by atoms with E-state index in [0.29, 0.717) is 11.5 Å². The van der Waals surface area contributed by atoms with Gasteiger partial charge in [-0.3, -0.25) is 4.79 Å². The first-order valence-corrected chi connectivity index (χ1v) is 10.8. The highest BCUT2D eigenvalue weighted by atomic mass is 19.4. The molecular weight excluding hydrogens is 439 g/mol. The van der Waals surface area contributed by atoms with Crippen molar-refractivity contribution in [3.05, 3.63) is 53.4 Å². The van der Waals surface area contributed by atoms with Gasteiger partial charge < -0.3 is 19.4 Å². The average molecular weight is 465 g/mol. The maximum absolute atomic E-state index is 14.2. The van der Waals surface area contributed by atoms with Gasteiger partial charge in [0.05, 0.1) is 23.6 Å². The van der Waals surface area contributed by atoms with E-state index in [-0.39, 0.29) is 36.1 Å². The summed E-state index contributed by atoms with van der Waals surface area (Å²) >= 11 is 0. The maximum Gasteiger partial charge on any atom is 0.435 e. The molecule has 1 aromatic heterocycles. The van der Waals surface area contributed by atoms with E-state index in [2.05, 4.69) is 10.3 Å². The Kier molecular flexibility index (Phi) is 5.98. The highest BCUT2D eigenvalue weighted by molar-refractivity contribution is 5.96.